The second kappa shape index (κ2) is 5.61. The third-order valence-corrected chi connectivity index (χ3v) is 2.33. The molecule has 1 aromatic heterocycles. The Morgan fingerprint density at radius 2 is 2.40 bits per heavy atom. The normalized spacial score (nSPS) is 12.5. The van der Waals surface area contributed by atoms with Gasteiger partial charge in [0, 0.05) is 6.20 Å². The maximum Gasteiger partial charge on any atom is 0.146 e. The number of halogens is 1. The monoisotopic (exact) mass is 208 g/mol. The van der Waals surface area contributed by atoms with Gasteiger partial charge in [0.2, 0.25) is 0 Å². The van der Waals surface area contributed by atoms with E-state index in [0.717, 1.165) is 18.4 Å². The van der Waals surface area contributed by atoms with Crippen LogP contribution in [0.3, 0.4) is 0 Å². The molecule has 0 aliphatic carbocycles. The summed E-state index contributed by atoms with van der Waals surface area (Å²) in [6.07, 6.45) is 3.31. The van der Waals surface area contributed by atoms with Crippen molar-refractivity contribution in [1.29, 1.82) is 0 Å². The maximum absolute atomic E-state index is 13.4. The summed E-state index contributed by atoms with van der Waals surface area (Å²) in [5.74, 6) is -0.251. The summed E-state index contributed by atoms with van der Waals surface area (Å²) in [7, 11) is 1.82. The predicted molar refractivity (Wildman–Crippen MR) is 60.0 cm³/mol. The van der Waals surface area contributed by atoms with Gasteiger partial charge < -0.3 is 5.32 Å². The molecule has 0 saturated heterocycles. The SMILES string of the molecule is C=C(C)CCC(NC)c1ncccc1F. The Morgan fingerprint density at radius 1 is 1.67 bits per heavy atom. The highest BCUT2D eigenvalue weighted by molar-refractivity contribution is 5.12. The first-order chi connectivity index (χ1) is 7.15. The van der Waals surface area contributed by atoms with Crippen LogP contribution in [0.15, 0.2) is 30.5 Å². The molecule has 0 spiro atoms. The number of nitrogens with zero attached hydrogens (tertiary/aromatic N) is 1. The summed E-state index contributed by atoms with van der Waals surface area (Å²) in [4.78, 5) is 4.06. The second-order valence-corrected chi connectivity index (χ2v) is 3.71. The van der Waals surface area contributed by atoms with Crippen LogP contribution in [0.2, 0.25) is 0 Å². The molecule has 1 atom stereocenters. The first kappa shape index (κ1) is 11.9. The average molecular weight is 208 g/mol. The minimum Gasteiger partial charge on any atom is -0.312 e. The van der Waals surface area contributed by atoms with E-state index in [9.17, 15) is 4.39 Å². The summed E-state index contributed by atoms with van der Waals surface area (Å²) in [6, 6.07) is 3.00. The smallest absolute Gasteiger partial charge is 0.146 e. The Kier molecular flexibility index (Phi) is 4.43. The fourth-order valence-electron chi connectivity index (χ4n) is 1.46. The number of hydrogen-bond donors (Lipinski definition) is 1. The average Bonchev–Trinajstić information content (AvgIpc) is 2.21. The van der Waals surface area contributed by atoms with Gasteiger partial charge >= 0.3 is 0 Å². The molecule has 0 aliphatic rings. The quantitative estimate of drug-likeness (QED) is 0.753. The van der Waals surface area contributed by atoms with Crippen LogP contribution in [0.5, 0.6) is 0 Å². The summed E-state index contributed by atoms with van der Waals surface area (Å²) >= 11 is 0. The Bertz CT molecular complexity index is 336. The first-order valence-corrected chi connectivity index (χ1v) is 5.07. The molecule has 1 N–H and O–H groups in total. The zero-order chi connectivity index (χ0) is 11.3. The highest BCUT2D eigenvalue weighted by Gasteiger charge is 2.14. The largest absolute Gasteiger partial charge is 0.312 e. The third-order valence-electron chi connectivity index (χ3n) is 2.33. The van der Waals surface area contributed by atoms with E-state index in [-0.39, 0.29) is 11.9 Å². The molecule has 1 heterocycles. The topological polar surface area (TPSA) is 24.9 Å². The van der Waals surface area contributed by atoms with Gasteiger partial charge in [-0.2, -0.15) is 0 Å². The van der Waals surface area contributed by atoms with Crippen LogP contribution in [-0.2, 0) is 0 Å². The van der Waals surface area contributed by atoms with Crippen molar-refractivity contribution in [1.82, 2.24) is 10.3 Å². The molecular formula is C12H17FN2. The van der Waals surface area contributed by atoms with Gasteiger partial charge in [0.1, 0.15) is 5.82 Å². The minimum absolute atomic E-state index is 0.0390. The van der Waals surface area contributed by atoms with E-state index >= 15 is 0 Å². The van der Waals surface area contributed by atoms with Crippen LogP contribution in [0.4, 0.5) is 4.39 Å². The summed E-state index contributed by atoms with van der Waals surface area (Å²) in [5, 5.41) is 3.07. The number of aromatic nitrogens is 1. The number of pyridine rings is 1. The maximum atomic E-state index is 13.4. The molecular weight excluding hydrogens is 191 g/mol. The second-order valence-electron chi connectivity index (χ2n) is 3.71. The number of nitrogens with one attached hydrogen (secondary N) is 1. The molecule has 82 valence electrons. The lowest BCUT2D eigenvalue weighted by Gasteiger charge is -2.15. The molecule has 0 saturated carbocycles. The standard InChI is InChI=1S/C12H17FN2/c1-9(2)6-7-11(14-3)12-10(13)5-4-8-15-12/h4-5,8,11,14H,1,6-7H2,2-3H3. The predicted octanol–water partition coefficient (Wildman–Crippen LogP) is 2.84. The highest BCUT2D eigenvalue weighted by Crippen LogP contribution is 2.20. The van der Waals surface area contributed by atoms with Gasteiger partial charge in [-0.05, 0) is 38.9 Å². The summed E-state index contributed by atoms with van der Waals surface area (Å²) in [5.41, 5.74) is 1.59. The molecule has 1 rings (SSSR count). The van der Waals surface area contributed by atoms with Gasteiger partial charge in [-0.15, -0.1) is 6.58 Å². The van der Waals surface area contributed by atoms with E-state index in [1.165, 1.54) is 6.07 Å². The first-order valence-electron chi connectivity index (χ1n) is 5.07. The van der Waals surface area contributed by atoms with Crippen molar-refractivity contribution in [3.63, 3.8) is 0 Å². The Morgan fingerprint density at radius 3 is 2.93 bits per heavy atom. The van der Waals surface area contributed by atoms with Gasteiger partial charge in [-0.3, -0.25) is 4.98 Å². The zero-order valence-corrected chi connectivity index (χ0v) is 9.26. The molecule has 0 aliphatic heterocycles. The molecule has 0 aromatic carbocycles. The van der Waals surface area contributed by atoms with Crippen molar-refractivity contribution in [2.24, 2.45) is 0 Å². The lowest BCUT2D eigenvalue weighted by atomic mass is 10.0. The zero-order valence-electron chi connectivity index (χ0n) is 9.26. The molecule has 0 bridgehead atoms. The van der Waals surface area contributed by atoms with Crippen molar-refractivity contribution in [2.45, 2.75) is 25.8 Å². The number of allylic oxidation sites excluding steroid dienone is 1. The van der Waals surface area contributed by atoms with E-state index in [4.69, 9.17) is 0 Å². The van der Waals surface area contributed by atoms with Crippen molar-refractivity contribution in [2.75, 3.05) is 7.05 Å². The van der Waals surface area contributed by atoms with Crippen molar-refractivity contribution in [3.05, 3.63) is 42.0 Å². The Hall–Kier alpha value is -1.22. The van der Waals surface area contributed by atoms with Crippen LogP contribution in [-0.4, -0.2) is 12.0 Å². The van der Waals surface area contributed by atoms with Crippen LogP contribution in [0, 0.1) is 5.82 Å². The van der Waals surface area contributed by atoms with Gasteiger partial charge in [0.05, 0.1) is 11.7 Å². The van der Waals surface area contributed by atoms with E-state index < -0.39 is 0 Å². The molecule has 3 heteroatoms. The lowest BCUT2D eigenvalue weighted by molar-refractivity contribution is 0.492. The Balaban J connectivity index is 2.74. The van der Waals surface area contributed by atoms with Crippen LogP contribution in [0.1, 0.15) is 31.5 Å². The van der Waals surface area contributed by atoms with Crippen molar-refractivity contribution < 1.29 is 4.39 Å². The van der Waals surface area contributed by atoms with Gasteiger partial charge in [-0.1, -0.05) is 5.57 Å². The molecule has 15 heavy (non-hydrogen) atoms. The fraction of sp³-hybridized carbons (Fsp3) is 0.417. The van der Waals surface area contributed by atoms with E-state index in [1.54, 1.807) is 12.3 Å². The van der Waals surface area contributed by atoms with Crippen molar-refractivity contribution >= 4 is 0 Å². The molecule has 2 nitrogen and oxygen atoms in total. The van der Waals surface area contributed by atoms with Crippen LogP contribution in [0.25, 0.3) is 0 Å². The molecule has 0 fully saturated rings. The number of hydrogen-bond acceptors (Lipinski definition) is 2. The Labute approximate surface area is 90.2 Å². The van der Waals surface area contributed by atoms with E-state index in [2.05, 4.69) is 16.9 Å². The minimum atomic E-state index is -0.251. The third kappa shape index (κ3) is 3.44. The van der Waals surface area contributed by atoms with Gasteiger partial charge in [-0.25, -0.2) is 4.39 Å². The van der Waals surface area contributed by atoms with E-state index in [0.29, 0.717) is 5.69 Å². The fourth-order valence-corrected chi connectivity index (χ4v) is 1.46. The molecule has 0 radical (unpaired) electrons. The van der Waals surface area contributed by atoms with E-state index in [1.807, 2.05) is 14.0 Å². The number of rotatable bonds is 5. The van der Waals surface area contributed by atoms with Crippen LogP contribution < -0.4 is 5.32 Å². The highest BCUT2D eigenvalue weighted by atomic mass is 19.1. The summed E-state index contributed by atoms with van der Waals surface area (Å²) < 4.78 is 13.4. The van der Waals surface area contributed by atoms with Crippen LogP contribution >= 0.6 is 0 Å². The molecule has 1 aromatic rings. The van der Waals surface area contributed by atoms with Crippen molar-refractivity contribution in [3.8, 4) is 0 Å². The lowest BCUT2D eigenvalue weighted by Crippen LogP contribution is -2.19. The van der Waals surface area contributed by atoms with Gasteiger partial charge in [0.25, 0.3) is 0 Å². The molecule has 1 unspecified atom stereocenters. The van der Waals surface area contributed by atoms with Gasteiger partial charge in [0.15, 0.2) is 0 Å². The summed E-state index contributed by atoms with van der Waals surface area (Å²) in [6.45, 7) is 5.81. The molecule has 0 amide bonds.